The highest BCUT2D eigenvalue weighted by Crippen LogP contribution is 2.37. The first-order valence-corrected chi connectivity index (χ1v) is 8.11. The Morgan fingerprint density at radius 2 is 1.62 bits per heavy atom. The second kappa shape index (κ2) is 5.79. The molecule has 0 amide bonds. The molecule has 0 aliphatic heterocycles. The Morgan fingerprint density at radius 1 is 0.958 bits per heavy atom. The van der Waals surface area contributed by atoms with Gasteiger partial charge < -0.3 is 4.74 Å². The predicted octanol–water partition coefficient (Wildman–Crippen LogP) is 5.77. The van der Waals surface area contributed by atoms with Gasteiger partial charge in [-0.2, -0.15) is 0 Å². The zero-order valence-electron chi connectivity index (χ0n) is 14.6. The lowest BCUT2D eigenvalue weighted by atomic mass is 9.85. The molecule has 0 N–H and O–H groups in total. The number of rotatable bonds is 2. The lowest BCUT2D eigenvalue weighted by Crippen LogP contribution is -2.11. The summed E-state index contributed by atoms with van der Waals surface area (Å²) in [5, 5.41) is 4.01. The SMILES string of the molecule is C=C(C)C(=O)Oc1c2ccccc2cc2ccc(C(C)(C)C)cc12. The molecule has 0 heterocycles. The standard InChI is InChI=1S/C22H22O2/c1-14(2)21(23)24-20-18-9-7-6-8-15(18)12-16-10-11-17(13-19(16)20)22(3,4)5/h6-13H,1H2,2-5H3. The highest BCUT2D eigenvalue weighted by Gasteiger charge is 2.18. The van der Waals surface area contributed by atoms with Gasteiger partial charge in [-0.3, -0.25) is 0 Å². The average molecular weight is 318 g/mol. The first-order chi connectivity index (χ1) is 11.3. The van der Waals surface area contributed by atoms with Crippen molar-refractivity contribution in [1.82, 2.24) is 0 Å². The number of hydrogen-bond acceptors (Lipinski definition) is 2. The number of carbonyl (C=O) groups is 1. The van der Waals surface area contributed by atoms with Crippen LogP contribution in [-0.4, -0.2) is 5.97 Å². The van der Waals surface area contributed by atoms with E-state index >= 15 is 0 Å². The highest BCUT2D eigenvalue weighted by atomic mass is 16.5. The maximum absolute atomic E-state index is 12.2. The number of hydrogen-bond donors (Lipinski definition) is 0. The maximum Gasteiger partial charge on any atom is 0.338 e. The van der Waals surface area contributed by atoms with Crippen molar-refractivity contribution in [3.63, 3.8) is 0 Å². The summed E-state index contributed by atoms with van der Waals surface area (Å²) in [4.78, 5) is 12.2. The van der Waals surface area contributed by atoms with E-state index < -0.39 is 5.97 Å². The van der Waals surface area contributed by atoms with Crippen LogP contribution in [0.1, 0.15) is 33.3 Å². The van der Waals surface area contributed by atoms with E-state index in [9.17, 15) is 4.79 Å². The normalized spacial score (nSPS) is 11.7. The molecule has 0 aliphatic rings. The Balaban J connectivity index is 2.35. The van der Waals surface area contributed by atoms with Crippen LogP contribution in [0, 0.1) is 0 Å². The molecule has 0 saturated heterocycles. The van der Waals surface area contributed by atoms with E-state index in [1.807, 2.05) is 24.3 Å². The maximum atomic E-state index is 12.2. The molecule has 0 unspecified atom stereocenters. The fraction of sp³-hybridized carbons (Fsp3) is 0.227. The van der Waals surface area contributed by atoms with Crippen molar-refractivity contribution in [1.29, 1.82) is 0 Å². The largest absolute Gasteiger partial charge is 0.422 e. The van der Waals surface area contributed by atoms with Crippen LogP contribution in [0.5, 0.6) is 5.75 Å². The number of benzene rings is 3. The molecule has 0 fully saturated rings. The number of esters is 1. The van der Waals surface area contributed by atoms with Gasteiger partial charge >= 0.3 is 5.97 Å². The minimum absolute atomic E-state index is 0.0233. The smallest absolute Gasteiger partial charge is 0.338 e. The second-order valence-electron chi connectivity index (χ2n) is 7.28. The van der Waals surface area contributed by atoms with Gasteiger partial charge in [0.1, 0.15) is 5.75 Å². The monoisotopic (exact) mass is 318 g/mol. The van der Waals surface area contributed by atoms with E-state index in [1.165, 1.54) is 5.56 Å². The zero-order valence-corrected chi connectivity index (χ0v) is 14.6. The summed E-state index contributed by atoms with van der Waals surface area (Å²) in [6.07, 6.45) is 0. The van der Waals surface area contributed by atoms with E-state index in [0.717, 1.165) is 21.5 Å². The second-order valence-corrected chi connectivity index (χ2v) is 7.28. The van der Waals surface area contributed by atoms with Crippen molar-refractivity contribution in [3.05, 3.63) is 66.2 Å². The molecule has 2 nitrogen and oxygen atoms in total. The van der Waals surface area contributed by atoms with Crippen LogP contribution < -0.4 is 4.74 Å². The third-order valence-corrected chi connectivity index (χ3v) is 4.22. The van der Waals surface area contributed by atoms with E-state index in [4.69, 9.17) is 4.74 Å². The summed E-state index contributed by atoms with van der Waals surface area (Å²) in [7, 11) is 0. The van der Waals surface area contributed by atoms with Gasteiger partial charge in [0, 0.05) is 16.3 Å². The summed E-state index contributed by atoms with van der Waals surface area (Å²) < 4.78 is 5.73. The summed E-state index contributed by atoms with van der Waals surface area (Å²) in [6.45, 7) is 11.9. The van der Waals surface area contributed by atoms with Crippen LogP contribution >= 0.6 is 0 Å². The van der Waals surface area contributed by atoms with Gasteiger partial charge in [-0.25, -0.2) is 4.79 Å². The molecule has 3 aromatic carbocycles. The fourth-order valence-corrected chi connectivity index (χ4v) is 2.78. The van der Waals surface area contributed by atoms with E-state index in [1.54, 1.807) is 6.92 Å². The molecule has 0 atom stereocenters. The Kier molecular flexibility index (Phi) is 3.92. The molecule has 3 rings (SSSR count). The quantitative estimate of drug-likeness (QED) is 0.259. The van der Waals surface area contributed by atoms with Crippen LogP contribution in [0.4, 0.5) is 0 Å². The lowest BCUT2D eigenvalue weighted by molar-refractivity contribution is -0.129. The molecular weight excluding hydrogens is 296 g/mol. The van der Waals surface area contributed by atoms with Gasteiger partial charge in [0.15, 0.2) is 0 Å². The molecule has 0 radical (unpaired) electrons. The molecule has 0 aliphatic carbocycles. The third-order valence-electron chi connectivity index (χ3n) is 4.22. The van der Waals surface area contributed by atoms with Crippen molar-refractivity contribution in [2.45, 2.75) is 33.1 Å². The van der Waals surface area contributed by atoms with E-state index in [-0.39, 0.29) is 5.41 Å². The third kappa shape index (κ3) is 2.92. The first kappa shape index (κ1) is 16.3. The van der Waals surface area contributed by atoms with Crippen LogP contribution in [0.25, 0.3) is 21.5 Å². The lowest BCUT2D eigenvalue weighted by Gasteiger charge is -2.20. The number of fused-ring (bicyclic) bond motifs is 2. The molecule has 0 aromatic heterocycles. The van der Waals surface area contributed by atoms with Crippen molar-refractivity contribution in [3.8, 4) is 5.75 Å². The summed E-state index contributed by atoms with van der Waals surface area (Å²) in [6, 6.07) is 16.5. The first-order valence-electron chi connectivity index (χ1n) is 8.11. The minimum Gasteiger partial charge on any atom is -0.422 e. The van der Waals surface area contributed by atoms with Crippen molar-refractivity contribution >= 4 is 27.5 Å². The summed E-state index contributed by atoms with van der Waals surface area (Å²) in [5.41, 5.74) is 1.62. The number of ether oxygens (including phenoxy) is 1. The van der Waals surface area contributed by atoms with Gasteiger partial charge in [-0.15, -0.1) is 0 Å². The van der Waals surface area contributed by atoms with Crippen molar-refractivity contribution < 1.29 is 9.53 Å². The summed E-state index contributed by atoms with van der Waals surface area (Å²) in [5.74, 6) is 0.219. The highest BCUT2D eigenvalue weighted by molar-refractivity contribution is 6.07. The minimum atomic E-state index is -0.395. The van der Waals surface area contributed by atoms with Crippen molar-refractivity contribution in [2.75, 3.05) is 0 Å². The van der Waals surface area contributed by atoms with E-state index in [0.29, 0.717) is 11.3 Å². The van der Waals surface area contributed by atoms with Gasteiger partial charge in [0.2, 0.25) is 0 Å². The Bertz CT molecular complexity index is 959. The molecular formula is C22H22O2. The van der Waals surface area contributed by atoms with Gasteiger partial charge in [0.05, 0.1) is 0 Å². The molecule has 0 saturated carbocycles. The molecule has 3 aromatic rings. The fourth-order valence-electron chi connectivity index (χ4n) is 2.78. The van der Waals surface area contributed by atoms with Gasteiger partial charge in [-0.05, 0) is 40.8 Å². The van der Waals surface area contributed by atoms with Crippen molar-refractivity contribution in [2.24, 2.45) is 0 Å². The molecule has 0 spiro atoms. The molecule has 2 heteroatoms. The van der Waals surface area contributed by atoms with Gasteiger partial charge in [-0.1, -0.05) is 63.7 Å². The van der Waals surface area contributed by atoms with Gasteiger partial charge in [0.25, 0.3) is 0 Å². The van der Waals surface area contributed by atoms with Crippen LogP contribution in [0.2, 0.25) is 0 Å². The Morgan fingerprint density at radius 3 is 2.29 bits per heavy atom. The average Bonchev–Trinajstić information content (AvgIpc) is 2.53. The van der Waals surface area contributed by atoms with E-state index in [2.05, 4.69) is 51.6 Å². The van der Waals surface area contributed by atoms with Crippen LogP contribution in [-0.2, 0) is 10.2 Å². The molecule has 24 heavy (non-hydrogen) atoms. The summed E-state index contributed by atoms with van der Waals surface area (Å²) >= 11 is 0. The topological polar surface area (TPSA) is 26.3 Å². The molecule has 0 bridgehead atoms. The van der Waals surface area contributed by atoms with Crippen LogP contribution in [0.15, 0.2) is 60.7 Å². The predicted molar refractivity (Wildman–Crippen MR) is 101 cm³/mol. The zero-order chi connectivity index (χ0) is 17.5. The Hall–Kier alpha value is -2.61. The number of carbonyl (C=O) groups excluding carboxylic acids is 1. The Labute approximate surface area is 142 Å². The van der Waals surface area contributed by atoms with Crippen LogP contribution in [0.3, 0.4) is 0 Å². The molecule has 122 valence electrons.